The van der Waals surface area contributed by atoms with Crippen molar-refractivity contribution < 1.29 is 18.7 Å². The molecule has 0 unspecified atom stereocenters. The fraction of sp³-hybridized carbons (Fsp3) is 0.0938. The molecule has 1 aliphatic heterocycles. The lowest BCUT2D eigenvalue weighted by Crippen LogP contribution is -2.56. The zero-order valence-electron chi connectivity index (χ0n) is 21.5. The van der Waals surface area contributed by atoms with Crippen LogP contribution in [0.4, 0.5) is 15.8 Å². The highest BCUT2D eigenvalue weighted by molar-refractivity contribution is 9.10. The first-order valence-corrected chi connectivity index (χ1v) is 13.8. The molecule has 5 nitrogen and oxygen atoms in total. The van der Waals surface area contributed by atoms with Gasteiger partial charge in [0.1, 0.15) is 17.1 Å². The second kappa shape index (κ2) is 11.9. The van der Waals surface area contributed by atoms with E-state index in [-0.39, 0.29) is 16.5 Å². The van der Waals surface area contributed by atoms with Gasteiger partial charge in [-0.2, -0.15) is 0 Å². The normalized spacial score (nSPS) is 13.6. The minimum absolute atomic E-state index is 0.0477. The van der Waals surface area contributed by atoms with Gasteiger partial charge in [-0.3, -0.25) is 19.4 Å². The van der Waals surface area contributed by atoms with Crippen LogP contribution in [0.5, 0.6) is 5.75 Å². The first-order chi connectivity index (χ1) is 19.4. The van der Waals surface area contributed by atoms with Gasteiger partial charge in [-0.25, -0.2) is 4.39 Å². The van der Waals surface area contributed by atoms with Crippen molar-refractivity contribution in [3.8, 4) is 5.75 Å². The van der Waals surface area contributed by atoms with Crippen LogP contribution >= 0.6 is 28.1 Å². The lowest BCUT2D eigenvalue weighted by molar-refractivity contribution is -0.120. The van der Waals surface area contributed by atoms with Crippen LogP contribution in [0.1, 0.15) is 23.6 Å². The molecule has 1 aliphatic rings. The number of ether oxygens (including phenoxy) is 1. The second-order valence-electron chi connectivity index (χ2n) is 9.01. The van der Waals surface area contributed by atoms with E-state index in [1.165, 1.54) is 21.9 Å². The van der Waals surface area contributed by atoms with Gasteiger partial charge in [0.25, 0.3) is 11.8 Å². The highest BCUT2D eigenvalue weighted by Gasteiger charge is 2.41. The first-order valence-electron chi connectivity index (χ1n) is 12.6. The summed E-state index contributed by atoms with van der Waals surface area (Å²) in [6, 6.07) is 28.0. The summed E-state index contributed by atoms with van der Waals surface area (Å²) in [7, 11) is 0. The number of para-hydroxylation sites is 2. The largest absolute Gasteiger partial charge is 0.494 e. The van der Waals surface area contributed by atoms with Crippen LogP contribution in [0, 0.1) is 5.82 Å². The summed E-state index contributed by atoms with van der Waals surface area (Å²) >= 11 is 9.31. The van der Waals surface area contributed by atoms with Crippen molar-refractivity contribution in [1.29, 1.82) is 0 Å². The number of halogens is 2. The number of amides is 2. The highest BCUT2D eigenvalue weighted by atomic mass is 79.9. The van der Waals surface area contributed by atoms with Crippen molar-refractivity contribution in [2.75, 3.05) is 16.4 Å². The van der Waals surface area contributed by atoms with Crippen LogP contribution in [0.15, 0.2) is 107 Å². The van der Waals surface area contributed by atoms with E-state index in [2.05, 4.69) is 15.9 Å². The number of anilines is 2. The summed E-state index contributed by atoms with van der Waals surface area (Å²) in [6.45, 7) is 2.27. The Morgan fingerprint density at radius 3 is 2.00 bits per heavy atom. The van der Waals surface area contributed by atoms with Gasteiger partial charge in [0.2, 0.25) is 0 Å². The first kappa shape index (κ1) is 27.4. The monoisotopic (exact) mass is 614 g/mol. The molecule has 0 aromatic heterocycles. The van der Waals surface area contributed by atoms with Gasteiger partial charge in [0, 0.05) is 16.5 Å². The third-order valence-corrected chi connectivity index (χ3v) is 7.41. The Bertz CT molecular complexity index is 1560. The molecule has 0 saturated carbocycles. The molecule has 2 amide bonds. The van der Waals surface area contributed by atoms with E-state index >= 15 is 0 Å². The number of hydrogen-bond acceptors (Lipinski definition) is 4. The Kier molecular flexibility index (Phi) is 8.19. The van der Waals surface area contributed by atoms with Crippen molar-refractivity contribution >= 4 is 62.5 Å². The van der Waals surface area contributed by atoms with Crippen LogP contribution < -0.4 is 14.5 Å². The Labute approximate surface area is 245 Å². The molecule has 0 spiro atoms. The third kappa shape index (κ3) is 5.59. The summed E-state index contributed by atoms with van der Waals surface area (Å²) in [6.07, 6.45) is 1.98. The summed E-state index contributed by atoms with van der Waals surface area (Å²) < 4.78 is 20.5. The van der Waals surface area contributed by atoms with Gasteiger partial charge < -0.3 is 4.74 Å². The van der Waals surface area contributed by atoms with E-state index in [9.17, 15) is 14.0 Å². The van der Waals surface area contributed by atoms with Crippen LogP contribution in [0.2, 0.25) is 0 Å². The topological polar surface area (TPSA) is 49.9 Å². The number of carbonyl (C=O) groups is 2. The molecule has 4 aromatic carbocycles. The maximum absolute atomic E-state index is 13.8. The molecule has 1 saturated heterocycles. The average Bonchev–Trinajstić information content (AvgIpc) is 2.94. The number of carbonyl (C=O) groups excluding carboxylic acids is 2. The molecular weight excluding hydrogens is 591 g/mol. The van der Waals surface area contributed by atoms with Gasteiger partial charge in [-0.15, -0.1) is 0 Å². The van der Waals surface area contributed by atoms with E-state index in [1.807, 2.05) is 31.2 Å². The average molecular weight is 616 g/mol. The molecule has 4 aromatic rings. The van der Waals surface area contributed by atoms with Crippen molar-refractivity contribution in [2.24, 2.45) is 0 Å². The predicted octanol–water partition coefficient (Wildman–Crippen LogP) is 7.33. The maximum Gasteiger partial charge on any atom is 0.270 e. The SMILES string of the molecule is CCOc1cc(C=C2C(=O)N(c3ccccc3)C(=S)N(c3ccccc3)C2=O)cc(Br)c1Cc1cccc(F)c1. The Morgan fingerprint density at radius 1 is 0.850 bits per heavy atom. The molecule has 200 valence electrons. The Hall–Kier alpha value is -4.14. The molecule has 5 rings (SSSR count). The van der Waals surface area contributed by atoms with Crippen LogP contribution in [0.3, 0.4) is 0 Å². The number of benzene rings is 4. The van der Waals surface area contributed by atoms with Crippen molar-refractivity contribution in [3.05, 3.63) is 130 Å². The number of rotatable bonds is 7. The molecule has 0 N–H and O–H groups in total. The fourth-order valence-corrected chi connectivity index (χ4v) is 5.50. The minimum Gasteiger partial charge on any atom is -0.494 e. The fourth-order valence-electron chi connectivity index (χ4n) is 4.53. The van der Waals surface area contributed by atoms with Gasteiger partial charge in [0.15, 0.2) is 5.11 Å². The smallest absolute Gasteiger partial charge is 0.270 e. The molecule has 40 heavy (non-hydrogen) atoms. The number of nitrogens with zero attached hydrogens (tertiary/aromatic N) is 2. The second-order valence-corrected chi connectivity index (χ2v) is 10.2. The molecule has 0 atom stereocenters. The van der Waals surface area contributed by atoms with E-state index in [4.69, 9.17) is 17.0 Å². The van der Waals surface area contributed by atoms with E-state index in [1.54, 1.807) is 66.7 Å². The summed E-state index contributed by atoms with van der Waals surface area (Å²) in [5.74, 6) is -0.789. The van der Waals surface area contributed by atoms with Gasteiger partial charge in [-0.1, -0.05) is 64.5 Å². The minimum atomic E-state index is -0.522. The standard InChI is InChI=1S/C32H24BrFN2O3S/c1-2-39-29-20-22(19-28(33)26(29)17-21-10-9-11-23(34)16-21)18-27-30(37)35(24-12-5-3-6-13-24)32(40)36(31(27)38)25-14-7-4-8-15-25/h3-16,18-20H,2,17H2,1H3. The molecule has 1 fully saturated rings. The Balaban J connectivity index is 1.60. The molecule has 8 heteroatoms. The molecular formula is C32H24BrFN2O3S. The van der Waals surface area contributed by atoms with Gasteiger partial charge >= 0.3 is 0 Å². The van der Waals surface area contributed by atoms with E-state index < -0.39 is 11.8 Å². The quantitative estimate of drug-likeness (QED) is 0.124. The molecule has 0 aliphatic carbocycles. The maximum atomic E-state index is 13.8. The molecule has 0 bridgehead atoms. The summed E-state index contributed by atoms with van der Waals surface area (Å²) in [5, 5.41) is 0.0752. The number of hydrogen-bond donors (Lipinski definition) is 0. The van der Waals surface area contributed by atoms with Crippen molar-refractivity contribution in [1.82, 2.24) is 0 Å². The van der Waals surface area contributed by atoms with Crippen molar-refractivity contribution in [2.45, 2.75) is 13.3 Å². The van der Waals surface area contributed by atoms with Gasteiger partial charge in [0.05, 0.1) is 18.0 Å². The van der Waals surface area contributed by atoms with Crippen LogP contribution in [0.25, 0.3) is 6.08 Å². The lowest BCUT2D eigenvalue weighted by Gasteiger charge is -2.36. The zero-order valence-corrected chi connectivity index (χ0v) is 23.9. The molecule has 0 radical (unpaired) electrons. The van der Waals surface area contributed by atoms with Crippen LogP contribution in [-0.4, -0.2) is 23.5 Å². The highest BCUT2D eigenvalue weighted by Crippen LogP contribution is 2.34. The van der Waals surface area contributed by atoms with Gasteiger partial charge in [-0.05, 0) is 84.9 Å². The summed E-state index contributed by atoms with van der Waals surface area (Å²) in [4.78, 5) is 30.4. The lowest BCUT2D eigenvalue weighted by atomic mass is 10.00. The number of thiocarbonyl (C=S) groups is 1. The zero-order chi connectivity index (χ0) is 28.2. The van der Waals surface area contributed by atoms with Crippen LogP contribution in [-0.2, 0) is 16.0 Å². The predicted molar refractivity (Wildman–Crippen MR) is 163 cm³/mol. The summed E-state index contributed by atoms with van der Waals surface area (Å²) in [5.41, 5.74) is 3.26. The van der Waals surface area contributed by atoms with E-state index in [0.29, 0.717) is 40.2 Å². The molecule has 1 heterocycles. The van der Waals surface area contributed by atoms with Crippen molar-refractivity contribution in [3.63, 3.8) is 0 Å². The third-order valence-electron chi connectivity index (χ3n) is 6.34. The van der Waals surface area contributed by atoms with E-state index in [0.717, 1.165) is 11.1 Å². The Morgan fingerprint density at radius 2 is 1.45 bits per heavy atom.